The van der Waals surface area contributed by atoms with Gasteiger partial charge in [-0.05, 0) is 30.5 Å². The number of rotatable bonds is 4. The highest BCUT2D eigenvalue weighted by molar-refractivity contribution is 5.94. The topological polar surface area (TPSA) is 67.4 Å². The zero-order chi connectivity index (χ0) is 14.4. The number of benzene rings is 1. The molecular formula is C15H20N2O3. The van der Waals surface area contributed by atoms with E-state index in [9.17, 15) is 9.59 Å². The van der Waals surface area contributed by atoms with Gasteiger partial charge in [-0.3, -0.25) is 4.79 Å². The van der Waals surface area contributed by atoms with Crippen molar-refractivity contribution >= 4 is 12.0 Å². The van der Waals surface area contributed by atoms with Gasteiger partial charge in [-0.2, -0.15) is 0 Å². The van der Waals surface area contributed by atoms with Crippen molar-refractivity contribution in [3.8, 4) is 0 Å². The fourth-order valence-electron chi connectivity index (χ4n) is 2.36. The second kappa shape index (κ2) is 6.93. The van der Waals surface area contributed by atoms with Gasteiger partial charge in [0.25, 0.3) is 5.91 Å². The van der Waals surface area contributed by atoms with Crippen LogP contribution in [0.25, 0.3) is 0 Å². The molecule has 5 nitrogen and oxygen atoms in total. The lowest BCUT2D eigenvalue weighted by Gasteiger charge is -2.12. The summed E-state index contributed by atoms with van der Waals surface area (Å²) < 4.78 is 4.49. The molecule has 1 aromatic rings. The zero-order valence-electron chi connectivity index (χ0n) is 11.6. The lowest BCUT2D eigenvalue weighted by atomic mass is 10.1. The van der Waals surface area contributed by atoms with Crippen molar-refractivity contribution in [2.45, 2.75) is 38.3 Å². The lowest BCUT2D eigenvalue weighted by Crippen LogP contribution is -2.32. The summed E-state index contributed by atoms with van der Waals surface area (Å²) in [5.74, 6) is -0.0237. The SMILES string of the molecule is COC(=O)NCc1ccc(C(=O)NC2CCCC2)cc1. The van der Waals surface area contributed by atoms with Crippen molar-refractivity contribution in [1.29, 1.82) is 0 Å². The number of hydrogen-bond donors (Lipinski definition) is 2. The van der Waals surface area contributed by atoms with Crippen LogP contribution in [0.5, 0.6) is 0 Å². The minimum atomic E-state index is -0.465. The summed E-state index contributed by atoms with van der Waals surface area (Å²) in [6.45, 7) is 0.386. The van der Waals surface area contributed by atoms with Gasteiger partial charge in [-0.25, -0.2) is 4.79 Å². The highest BCUT2D eigenvalue weighted by atomic mass is 16.5. The van der Waals surface area contributed by atoms with Crippen LogP contribution in [0.3, 0.4) is 0 Å². The van der Waals surface area contributed by atoms with Crippen molar-refractivity contribution in [3.05, 3.63) is 35.4 Å². The fourth-order valence-corrected chi connectivity index (χ4v) is 2.36. The first-order chi connectivity index (χ1) is 9.69. The summed E-state index contributed by atoms with van der Waals surface area (Å²) in [6, 6.07) is 7.54. The number of alkyl carbamates (subject to hydrolysis) is 1. The van der Waals surface area contributed by atoms with Crippen LogP contribution in [0.4, 0.5) is 4.79 Å². The predicted molar refractivity (Wildman–Crippen MR) is 75.4 cm³/mol. The smallest absolute Gasteiger partial charge is 0.407 e. The van der Waals surface area contributed by atoms with Gasteiger partial charge >= 0.3 is 6.09 Å². The molecule has 1 aliphatic rings. The van der Waals surface area contributed by atoms with Gasteiger partial charge < -0.3 is 15.4 Å². The van der Waals surface area contributed by atoms with Crippen LogP contribution in [0.2, 0.25) is 0 Å². The van der Waals surface area contributed by atoms with Gasteiger partial charge in [-0.15, -0.1) is 0 Å². The summed E-state index contributed by atoms with van der Waals surface area (Å²) in [7, 11) is 1.33. The molecule has 0 bridgehead atoms. The van der Waals surface area contributed by atoms with Gasteiger partial charge in [-0.1, -0.05) is 25.0 Å². The van der Waals surface area contributed by atoms with E-state index in [0.29, 0.717) is 18.2 Å². The van der Waals surface area contributed by atoms with Gasteiger partial charge in [0, 0.05) is 18.2 Å². The van der Waals surface area contributed by atoms with Crippen molar-refractivity contribution < 1.29 is 14.3 Å². The molecule has 108 valence electrons. The number of nitrogens with one attached hydrogen (secondary N) is 2. The van der Waals surface area contributed by atoms with Crippen molar-refractivity contribution in [1.82, 2.24) is 10.6 Å². The van der Waals surface area contributed by atoms with Crippen molar-refractivity contribution in [3.63, 3.8) is 0 Å². The summed E-state index contributed by atoms with van der Waals surface area (Å²) >= 11 is 0. The Kier molecular flexibility index (Phi) is 4.98. The Balaban J connectivity index is 1.86. The summed E-state index contributed by atoms with van der Waals surface area (Å²) in [5, 5.41) is 5.64. The molecule has 1 aliphatic carbocycles. The van der Waals surface area contributed by atoms with E-state index in [4.69, 9.17) is 0 Å². The molecular weight excluding hydrogens is 256 g/mol. The highest BCUT2D eigenvalue weighted by Crippen LogP contribution is 2.18. The Morgan fingerprint density at radius 2 is 1.85 bits per heavy atom. The predicted octanol–water partition coefficient (Wildman–Crippen LogP) is 2.21. The highest BCUT2D eigenvalue weighted by Gasteiger charge is 2.17. The molecule has 2 amide bonds. The van der Waals surface area contributed by atoms with Gasteiger partial charge in [0.05, 0.1) is 7.11 Å². The summed E-state index contributed by atoms with van der Waals surface area (Å²) in [6.07, 6.45) is 4.08. The second-order valence-corrected chi connectivity index (χ2v) is 5.00. The minimum Gasteiger partial charge on any atom is -0.453 e. The average molecular weight is 276 g/mol. The van der Waals surface area contributed by atoms with Crippen LogP contribution >= 0.6 is 0 Å². The molecule has 0 radical (unpaired) electrons. The van der Waals surface area contributed by atoms with E-state index in [1.54, 1.807) is 12.1 Å². The second-order valence-electron chi connectivity index (χ2n) is 5.00. The molecule has 0 saturated heterocycles. The number of carbonyl (C=O) groups excluding carboxylic acids is 2. The molecule has 2 N–H and O–H groups in total. The molecule has 1 fully saturated rings. The van der Waals surface area contributed by atoms with E-state index >= 15 is 0 Å². The summed E-state index contributed by atoms with van der Waals surface area (Å²) in [4.78, 5) is 23.0. The third-order valence-corrected chi connectivity index (χ3v) is 3.53. The number of amides is 2. The standard InChI is InChI=1S/C15H20N2O3/c1-20-15(19)16-10-11-6-8-12(9-7-11)14(18)17-13-4-2-3-5-13/h6-9,13H,2-5,10H2,1H3,(H,16,19)(H,17,18). The first-order valence-corrected chi connectivity index (χ1v) is 6.90. The maximum atomic E-state index is 12.0. The molecule has 20 heavy (non-hydrogen) atoms. The van der Waals surface area contributed by atoms with Gasteiger partial charge in [0.2, 0.25) is 0 Å². The molecule has 5 heteroatoms. The summed E-state index contributed by atoms with van der Waals surface area (Å²) in [5.41, 5.74) is 1.58. The number of ether oxygens (including phenoxy) is 1. The Labute approximate surface area is 118 Å². The molecule has 0 atom stereocenters. The average Bonchev–Trinajstić information content (AvgIpc) is 2.98. The Bertz CT molecular complexity index is 465. The molecule has 0 spiro atoms. The molecule has 0 unspecified atom stereocenters. The van der Waals surface area contributed by atoms with Crippen LogP contribution in [0.1, 0.15) is 41.6 Å². The van der Waals surface area contributed by atoms with Crippen molar-refractivity contribution in [2.75, 3.05) is 7.11 Å². The molecule has 1 aromatic carbocycles. The van der Waals surface area contributed by atoms with Crippen LogP contribution in [0.15, 0.2) is 24.3 Å². The molecule has 0 aromatic heterocycles. The van der Waals surface area contributed by atoms with Crippen LogP contribution in [-0.4, -0.2) is 25.2 Å². The number of carbonyl (C=O) groups is 2. The first kappa shape index (κ1) is 14.4. The van der Waals surface area contributed by atoms with E-state index in [1.807, 2.05) is 12.1 Å². The van der Waals surface area contributed by atoms with E-state index in [2.05, 4.69) is 15.4 Å². The Morgan fingerprint density at radius 1 is 1.20 bits per heavy atom. The molecule has 0 aliphatic heterocycles. The lowest BCUT2D eigenvalue weighted by molar-refractivity contribution is 0.0937. The minimum absolute atomic E-state index is 0.0237. The van der Waals surface area contributed by atoms with Crippen LogP contribution < -0.4 is 10.6 Å². The molecule has 0 heterocycles. The molecule has 1 saturated carbocycles. The van der Waals surface area contributed by atoms with Crippen molar-refractivity contribution in [2.24, 2.45) is 0 Å². The van der Waals surface area contributed by atoms with E-state index in [-0.39, 0.29) is 5.91 Å². The van der Waals surface area contributed by atoms with Gasteiger partial charge in [0.15, 0.2) is 0 Å². The van der Waals surface area contributed by atoms with E-state index in [1.165, 1.54) is 20.0 Å². The Morgan fingerprint density at radius 3 is 2.45 bits per heavy atom. The number of hydrogen-bond acceptors (Lipinski definition) is 3. The quantitative estimate of drug-likeness (QED) is 0.886. The van der Waals surface area contributed by atoms with Gasteiger partial charge in [0.1, 0.15) is 0 Å². The fraction of sp³-hybridized carbons (Fsp3) is 0.467. The molecule has 2 rings (SSSR count). The largest absolute Gasteiger partial charge is 0.453 e. The van der Waals surface area contributed by atoms with E-state index < -0.39 is 6.09 Å². The van der Waals surface area contributed by atoms with E-state index in [0.717, 1.165) is 18.4 Å². The zero-order valence-corrected chi connectivity index (χ0v) is 11.6. The van der Waals surface area contributed by atoms with Crippen LogP contribution in [-0.2, 0) is 11.3 Å². The first-order valence-electron chi connectivity index (χ1n) is 6.90. The maximum absolute atomic E-state index is 12.0. The monoisotopic (exact) mass is 276 g/mol. The number of methoxy groups -OCH3 is 1. The van der Waals surface area contributed by atoms with Crippen LogP contribution in [0, 0.1) is 0 Å². The normalized spacial score (nSPS) is 14.8. The third-order valence-electron chi connectivity index (χ3n) is 3.53. The Hall–Kier alpha value is -2.04. The third kappa shape index (κ3) is 3.98. The maximum Gasteiger partial charge on any atom is 0.407 e.